The molecule has 1 fully saturated rings. The van der Waals surface area contributed by atoms with Crippen molar-refractivity contribution in [1.29, 1.82) is 0 Å². The normalized spacial score (nSPS) is 20.3. The number of cyclic esters (lactones) is 1. The number of rotatable bonds is 45. The highest BCUT2D eigenvalue weighted by atomic mass is 35.5. The molecule has 0 unspecified atom stereocenters. The van der Waals surface area contributed by atoms with Crippen LogP contribution in [0.3, 0.4) is 0 Å². The molecule has 12 atom stereocenters. The minimum atomic E-state index is -2.95. The molecule has 0 saturated carbocycles. The van der Waals surface area contributed by atoms with E-state index in [-0.39, 0.29) is 38.9 Å². The average Bonchev–Trinajstić information content (AvgIpc) is 0.845. The van der Waals surface area contributed by atoms with Gasteiger partial charge in [-0.2, -0.15) is 0 Å². The number of likely N-dealkylation sites (N-methyl/N-ethyl adjacent to an activating group) is 1. The molecule has 1 aliphatic rings. The number of aliphatic hydroxyl groups is 4. The molecule has 0 aromatic heterocycles. The van der Waals surface area contributed by atoms with Gasteiger partial charge in [-0.15, -0.1) is 11.6 Å². The van der Waals surface area contributed by atoms with Gasteiger partial charge in [-0.1, -0.05) is 126 Å². The lowest BCUT2D eigenvalue weighted by atomic mass is 10.0. The first kappa shape index (κ1) is 108. The van der Waals surface area contributed by atoms with E-state index in [1.165, 1.54) is 41.5 Å². The molecule has 1 saturated heterocycles. The predicted octanol–water partition coefficient (Wildman–Crippen LogP) is -2.01. The Balaban J connectivity index is 4.62. The largest absolute Gasteiger partial charge is 0.479 e. The van der Waals surface area contributed by atoms with E-state index in [4.69, 9.17) is 44.8 Å². The lowest BCUT2D eigenvalue weighted by Gasteiger charge is -2.29. The Hall–Kier alpha value is -10.3. The van der Waals surface area contributed by atoms with E-state index >= 15 is 14.4 Å². The number of carbonyl (C=O) groups is 18. The Bertz CT molecular complexity index is 3370. The van der Waals surface area contributed by atoms with Gasteiger partial charge in [0, 0.05) is 32.7 Å². The lowest BCUT2D eigenvalue weighted by Crippen LogP contribution is -2.62. The van der Waals surface area contributed by atoms with E-state index in [1.807, 2.05) is 29.4 Å². The quantitative estimate of drug-likeness (QED) is 0.00782. The number of alkyl halides is 1. The molecule has 44 nitrogen and oxygen atoms in total. The number of hydrogen-bond donors (Lipinski definition) is 18. The molecule has 18 N–H and O–H groups in total. The molecule has 13 amide bonds. The van der Waals surface area contributed by atoms with Crippen LogP contribution in [0, 0.1) is 17.8 Å². The molecular weight excluding hydrogens is 1610 g/mol. The van der Waals surface area contributed by atoms with Crippen molar-refractivity contribution in [3.8, 4) is 0 Å². The number of amides is 13. The summed E-state index contributed by atoms with van der Waals surface area (Å²) in [6, 6.07) is -17.7. The number of carboxylic acid groups (broad SMARTS) is 1. The van der Waals surface area contributed by atoms with Gasteiger partial charge >= 0.3 is 48.1 Å². The zero-order chi connectivity index (χ0) is 90.6. The monoisotopic (exact) mass is 1740 g/mol. The first-order valence-corrected chi connectivity index (χ1v) is 40.6. The highest BCUT2D eigenvalue weighted by molar-refractivity contribution is 6.18. The molecule has 0 aromatic rings. The number of nitrogens with zero attached hydrogens (tertiary/aromatic N) is 1. The molecule has 0 spiro atoms. The van der Waals surface area contributed by atoms with Gasteiger partial charge in [-0.3, -0.25) is 62.3 Å². The third-order valence-electron chi connectivity index (χ3n) is 17.9. The summed E-state index contributed by atoms with van der Waals surface area (Å²) in [5.41, 5.74) is -0.902. The lowest BCUT2D eigenvalue weighted by molar-refractivity contribution is -0.156. The first-order chi connectivity index (χ1) is 56.7. The fraction of sp³-hybridized carbons (Fsp3) is 0.733. The van der Waals surface area contributed by atoms with Gasteiger partial charge in [-0.25, -0.2) is 24.0 Å². The molecule has 45 heteroatoms. The Morgan fingerprint density at radius 2 is 0.950 bits per heavy atom. The van der Waals surface area contributed by atoms with Crippen molar-refractivity contribution in [3.05, 3.63) is 11.8 Å². The minimum absolute atomic E-state index is 0.0547. The number of alkyl carbamates (subject to hydrolysis) is 3. The Kier molecular flexibility index (Phi) is 54.0. The highest BCUT2D eigenvalue weighted by Crippen LogP contribution is 2.15. The smallest absolute Gasteiger partial charge is 0.410 e. The third-order valence-corrected chi connectivity index (χ3v) is 18.3. The van der Waals surface area contributed by atoms with Gasteiger partial charge in [0.05, 0.1) is 54.8 Å². The van der Waals surface area contributed by atoms with Crippen LogP contribution < -0.4 is 69.1 Å². The second-order valence-electron chi connectivity index (χ2n) is 28.8. The van der Waals surface area contributed by atoms with Crippen LogP contribution in [0.25, 0.3) is 0 Å². The molecule has 682 valence electrons. The Labute approximate surface area is 701 Å². The number of carboxylic acids is 1. The summed E-state index contributed by atoms with van der Waals surface area (Å²) in [5.74, 6) is -22.8. The average molecular weight is 1740 g/mol. The number of aliphatic hydroxyl groups excluding tert-OH is 4. The van der Waals surface area contributed by atoms with Crippen molar-refractivity contribution < 1.29 is 145 Å². The van der Waals surface area contributed by atoms with Crippen molar-refractivity contribution in [1.82, 2.24) is 74.0 Å². The number of allylic oxidation sites excluding steroid dienone is 1. The number of unbranched alkanes of at least 4 members (excludes halogenated alkanes) is 9. The van der Waals surface area contributed by atoms with Crippen LogP contribution in [0.2, 0.25) is 0 Å². The third kappa shape index (κ3) is 44.7. The van der Waals surface area contributed by atoms with E-state index in [1.54, 1.807) is 0 Å². The van der Waals surface area contributed by atoms with E-state index in [0.29, 0.717) is 25.9 Å². The topological polar surface area (TPSA) is 633 Å². The van der Waals surface area contributed by atoms with Gasteiger partial charge in [0.15, 0.2) is 12.1 Å². The number of ether oxygens (including phenoxy) is 7. The van der Waals surface area contributed by atoms with E-state index < -0.39 is 281 Å². The molecule has 0 bridgehead atoms. The van der Waals surface area contributed by atoms with Crippen LogP contribution in [-0.2, 0) is 105 Å². The molecule has 120 heavy (non-hydrogen) atoms. The molecule has 0 aliphatic carbocycles. The molecule has 0 aromatic carbocycles. The number of hydrogen-bond acceptors (Lipinski definition) is 30. The Morgan fingerprint density at radius 3 is 1.42 bits per heavy atom. The number of esters is 4. The zero-order valence-corrected chi connectivity index (χ0v) is 70.8. The minimum Gasteiger partial charge on any atom is -0.479 e. The van der Waals surface area contributed by atoms with Crippen LogP contribution in [-0.4, -0.2) is 289 Å². The number of carbonyl (C=O) groups excluding carboxylic acids is 17. The van der Waals surface area contributed by atoms with E-state index in [9.17, 15) is 97.5 Å². The fourth-order valence-electron chi connectivity index (χ4n) is 10.8. The number of aliphatic carboxylic acids is 1. The summed E-state index contributed by atoms with van der Waals surface area (Å²) in [5, 5.41) is 83.7. The summed E-state index contributed by atoms with van der Waals surface area (Å²) >= 11 is 5.98. The highest BCUT2D eigenvalue weighted by Gasteiger charge is 2.41. The van der Waals surface area contributed by atoms with Crippen molar-refractivity contribution in [2.45, 2.75) is 258 Å². The molecule has 1 heterocycles. The van der Waals surface area contributed by atoms with Crippen molar-refractivity contribution in [2.24, 2.45) is 17.8 Å². The molecule has 0 radical (unpaired) electrons. The number of halogens is 1. The van der Waals surface area contributed by atoms with Crippen LogP contribution in [0.1, 0.15) is 185 Å². The van der Waals surface area contributed by atoms with E-state index in [2.05, 4.69) is 65.4 Å². The van der Waals surface area contributed by atoms with E-state index in [0.717, 1.165) is 64.9 Å². The summed E-state index contributed by atoms with van der Waals surface area (Å²) in [4.78, 5) is 249. The molecular formula is C75H125ClN14O30. The first-order valence-electron chi connectivity index (χ1n) is 40.0. The summed E-state index contributed by atoms with van der Waals surface area (Å²) in [7, 11) is 0. The van der Waals surface area contributed by atoms with Gasteiger partial charge in [0.25, 0.3) is 5.91 Å². The summed E-state index contributed by atoms with van der Waals surface area (Å²) in [6.07, 6.45) is -6.87. The maximum absolute atomic E-state index is 15.2. The zero-order valence-electron chi connectivity index (χ0n) is 70.0. The van der Waals surface area contributed by atoms with Crippen molar-refractivity contribution >= 4 is 119 Å². The van der Waals surface area contributed by atoms with Crippen LogP contribution >= 0.6 is 11.6 Å². The fourth-order valence-corrected chi connectivity index (χ4v) is 10.9. The van der Waals surface area contributed by atoms with Crippen LogP contribution in [0.4, 0.5) is 14.4 Å². The predicted molar refractivity (Wildman–Crippen MR) is 422 cm³/mol. The van der Waals surface area contributed by atoms with Gasteiger partial charge in [-0.05, 0) is 65.5 Å². The number of nitrogens with one attached hydrogen (secondary N) is 13. The second kappa shape index (κ2) is 60.2. The maximum Gasteiger partial charge on any atom is 0.410 e. The summed E-state index contributed by atoms with van der Waals surface area (Å²) in [6.45, 7) is 12.7. The summed E-state index contributed by atoms with van der Waals surface area (Å²) < 4.78 is 34.8. The maximum atomic E-state index is 15.2. The van der Waals surface area contributed by atoms with Crippen LogP contribution in [0.15, 0.2) is 11.8 Å². The van der Waals surface area contributed by atoms with Gasteiger partial charge in [0.2, 0.25) is 73.5 Å². The SMILES string of the molecule is C/C=C1\NC(=O)[C@H]([C@H](C)O)NC(=O)[C@H](CCNC(=O)OCOC(=O)C(C)C)NC(=O)[C@H](CCCCNC(=O)OCOC(=O)C(C)C)NC(=O)[C@H](CC(=O)NCCN(CC)CC)NC(=O)[C@@H](CCNC(=O)OCOC(=O)C(C)C)NC(=O)[C@@H](NC(=O)C[C@H](O)CCCCCCCCCCC)COC(=O)[C@H]([C@H](O)CCl)NC(=O)[C@H]([C@H](O)C(=O)O)NC1=O. The van der Waals surface area contributed by atoms with Gasteiger partial charge < -0.3 is 133 Å². The van der Waals surface area contributed by atoms with Crippen LogP contribution in [0.5, 0.6) is 0 Å². The van der Waals surface area contributed by atoms with Crippen molar-refractivity contribution in [3.63, 3.8) is 0 Å². The second-order valence-corrected chi connectivity index (χ2v) is 29.1. The standard InChI is InChI=1S/C75H125ClN14O30/c1-12-16-17-18-19-20-21-22-23-26-46(92)35-55(95)81-52-38-114-72(110)57(53(93)37-76)88-67(104)58(59(96)68(105)106)89-60(97)47(13-2)82-66(103)56(45(11)91)87-63(100)50(29-32-80-75(113)120-41-117-71(109)44(9)10)84-61(98)48(27-24-25-30-78-73(111)118-39-115-69(107)42(5)6)83-64(101)51(36-54(94)77-33-34-90(14-3)15-4)86-62(99)49(85-65(52)102)28-31-79-74(112)119-40-116-70(108)43(7)8/h13,42-46,48-53,56-59,91-93,96H,12,14-41H2,1-11H3,(H,77,94)(H,78,111)(H,79,112)(H,80,113)(H,81,95)(H,82,103)(H,83,101)(H,84,98)(H,85,102)(H,86,99)(H,87,100)(H,88,104)(H,89,97)(H,105,106)/b47-13-/t45-,46+,48-,49+,50-,51-,52-,53+,56-,57-,58-,59-/m0/s1. The van der Waals surface area contributed by atoms with Gasteiger partial charge in [0.1, 0.15) is 54.6 Å². The molecule has 1 aliphatic heterocycles. The van der Waals surface area contributed by atoms with Crippen molar-refractivity contribution in [2.75, 3.05) is 78.7 Å². The molecule has 1 rings (SSSR count). The Morgan fingerprint density at radius 1 is 0.500 bits per heavy atom.